The molecule has 0 saturated heterocycles. The minimum Gasteiger partial charge on any atom is -0.391 e. The van der Waals surface area contributed by atoms with Crippen molar-refractivity contribution in [3.8, 4) is 0 Å². The zero-order valence-electron chi connectivity index (χ0n) is 15.5. The first-order valence-electron chi connectivity index (χ1n) is 9.01. The lowest BCUT2D eigenvalue weighted by atomic mass is 9.97. The van der Waals surface area contributed by atoms with Gasteiger partial charge in [0, 0.05) is 19.7 Å². The van der Waals surface area contributed by atoms with Crippen LogP contribution in [0.5, 0.6) is 0 Å². The number of nitrogens with one attached hydrogen (secondary N) is 1. The largest absolute Gasteiger partial charge is 0.391 e. The van der Waals surface area contributed by atoms with Crippen LogP contribution in [0.15, 0.2) is 24.3 Å². The summed E-state index contributed by atoms with van der Waals surface area (Å²) in [6.45, 7) is 5.90. The zero-order valence-corrected chi connectivity index (χ0v) is 15.5. The molecule has 1 aromatic carbocycles. The summed E-state index contributed by atoms with van der Waals surface area (Å²) in [7, 11) is 5.26. The molecule has 0 amide bonds. The Morgan fingerprint density at radius 1 is 1.32 bits per heavy atom. The van der Waals surface area contributed by atoms with Crippen LogP contribution in [0.4, 0.5) is 0 Å². The van der Waals surface area contributed by atoms with Gasteiger partial charge in [-0.3, -0.25) is 4.79 Å². The van der Waals surface area contributed by atoms with Crippen LogP contribution in [0.1, 0.15) is 55.4 Å². The molecular formula is C20H30BNO3. The molecule has 1 rings (SSSR count). The third-order valence-corrected chi connectivity index (χ3v) is 4.05. The highest BCUT2D eigenvalue weighted by atomic mass is 16.5. The summed E-state index contributed by atoms with van der Waals surface area (Å²) in [5, 5.41) is 13.8. The van der Waals surface area contributed by atoms with E-state index >= 15 is 0 Å². The molecule has 2 radical (unpaired) electrons. The first kappa shape index (κ1) is 21.6. The second-order valence-electron chi connectivity index (χ2n) is 6.23. The minimum absolute atomic E-state index is 0.00122. The highest BCUT2D eigenvalue weighted by Crippen LogP contribution is 2.22. The predicted octanol–water partition coefficient (Wildman–Crippen LogP) is 2.92. The number of ether oxygens (including phenoxy) is 1. The molecule has 0 aliphatic carbocycles. The van der Waals surface area contributed by atoms with Crippen molar-refractivity contribution in [1.82, 2.24) is 5.32 Å². The Labute approximate surface area is 153 Å². The number of hydrogen-bond donors (Lipinski definition) is 2. The molecule has 1 unspecified atom stereocenters. The van der Waals surface area contributed by atoms with E-state index in [2.05, 4.69) is 5.32 Å². The number of carbonyl (C=O) groups is 1. The van der Waals surface area contributed by atoms with Crippen molar-refractivity contribution in [3.05, 3.63) is 41.0 Å². The van der Waals surface area contributed by atoms with Gasteiger partial charge in [0.2, 0.25) is 0 Å². The molecule has 0 saturated carbocycles. The molecular weight excluding hydrogens is 313 g/mol. The molecule has 0 aliphatic rings. The topological polar surface area (TPSA) is 58.6 Å². The molecule has 5 heteroatoms. The molecule has 25 heavy (non-hydrogen) atoms. The smallest absolute Gasteiger partial charge is 0.152 e. The van der Waals surface area contributed by atoms with Crippen LogP contribution >= 0.6 is 0 Å². The SMILES string of the molecule is [B]COCCCCCCNCC(O)c1cccc(C)c1/C=C\C(C)=O. The lowest BCUT2D eigenvalue weighted by Gasteiger charge is -2.16. The maximum atomic E-state index is 11.2. The van der Waals surface area contributed by atoms with Gasteiger partial charge in [-0.2, -0.15) is 0 Å². The third-order valence-electron chi connectivity index (χ3n) is 4.05. The van der Waals surface area contributed by atoms with Gasteiger partial charge < -0.3 is 15.2 Å². The molecule has 0 aliphatic heterocycles. The number of aliphatic hydroxyl groups is 1. The Bertz CT molecular complexity index is 546. The minimum atomic E-state index is -0.593. The Hall–Kier alpha value is -1.43. The number of aryl methyl sites for hydroxylation is 1. The zero-order chi connectivity index (χ0) is 18.5. The van der Waals surface area contributed by atoms with Gasteiger partial charge in [0.05, 0.1) is 6.10 Å². The van der Waals surface area contributed by atoms with Crippen molar-refractivity contribution in [1.29, 1.82) is 0 Å². The lowest BCUT2D eigenvalue weighted by Crippen LogP contribution is -2.23. The van der Waals surface area contributed by atoms with Crippen LogP contribution < -0.4 is 5.32 Å². The Morgan fingerprint density at radius 2 is 2.08 bits per heavy atom. The van der Waals surface area contributed by atoms with E-state index in [-0.39, 0.29) is 5.78 Å². The molecule has 2 N–H and O–H groups in total. The van der Waals surface area contributed by atoms with Crippen LogP contribution in [0.25, 0.3) is 6.08 Å². The summed E-state index contributed by atoms with van der Waals surface area (Å²) in [6.07, 6.45) is 7.11. The first-order valence-corrected chi connectivity index (χ1v) is 9.01. The standard InChI is InChI=1S/C20H30BNO3/c1-16-8-7-9-19(18(16)11-10-17(2)23)20(24)14-22-12-5-3-4-6-13-25-15-21/h7-11,20,22,24H,3-6,12-15H2,1-2H3/b11-10-. The van der Waals surface area contributed by atoms with E-state index in [0.717, 1.165) is 55.5 Å². The van der Waals surface area contributed by atoms with Gasteiger partial charge in [-0.15, -0.1) is 0 Å². The Morgan fingerprint density at radius 3 is 2.80 bits per heavy atom. The fourth-order valence-corrected chi connectivity index (χ4v) is 2.66. The lowest BCUT2D eigenvalue weighted by molar-refractivity contribution is -0.112. The van der Waals surface area contributed by atoms with Crippen LogP contribution in [0.3, 0.4) is 0 Å². The van der Waals surface area contributed by atoms with Gasteiger partial charge in [-0.1, -0.05) is 37.1 Å². The quantitative estimate of drug-likeness (QED) is 0.328. The number of rotatable bonds is 13. The van der Waals surface area contributed by atoms with Crippen molar-refractivity contribution in [2.24, 2.45) is 0 Å². The molecule has 0 spiro atoms. The van der Waals surface area contributed by atoms with E-state index in [0.29, 0.717) is 13.1 Å². The van der Waals surface area contributed by atoms with Crippen molar-refractivity contribution in [2.75, 3.05) is 26.2 Å². The van der Waals surface area contributed by atoms with Crippen molar-refractivity contribution < 1.29 is 14.6 Å². The number of unbranched alkanes of at least 4 members (excludes halogenated alkanes) is 3. The molecule has 1 aromatic rings. The van der Waals surface area contributed by atoms with Crippen LogP contribution in [0, 0.1) is 6.92 Å². The van der Waals surface area contributed by atoms with Crippen molar-refractivity contribution >= 4 is 19.7 Å². The number of benzene rings is 1. The monoisotopic (exact) mass is 343 g/mol. The fourth-order valence-electron chi connectivity index (χ4n) is 2.66. The predicted molar refractivity (Wildman–Crippen MR) is 104 cm³/mol. The van der Waals surface area contributed by atoms with Crippen LogP contribution in [0.2, 0.25) is 0 Å². The fraction of sp³-hybridized carbons (Fsp3) is 0.550. The maximum Gasteiger partial charge on any atom is 0.152 e. The summed E-state index contributed by atoms with van der Waals surface area (Å²) in [5.41, 5.74) is 2.82. The van der Waals surface area contributed by atoms with E-state index in [9.17, 15) is 9.90 Å². The summed E-state index contributed by atoms with van der Waals surface area (Å²) in [5.74, 6) is -0.00122. The van der Waals surface area contributed by atoms with E-state index in [1.165, 1.54) is 6.92 Å². The van der Waals surface area contributed by atoms with Gasteiger partial charge >= 0.3 is 0 Å². The summed E-state index contributed by atoms with van der Waals surface area (Å²) < 4.78 is 5.10. The molecule has 136 valence electrons. The Kier molecular flexibility index (Phi) is 11.1. The number of carbonyl (C=O) groups excluding carboxylic acids is 1. The number of aliphatic hydroxyl groups excluding tert-OH is 1. The van der Waals surface area contributed by atoms with E-state index < -0.39 is 6.10 Å². The average Bonchev–Trinajstić information content (AvgIpc) is 2.58. The molecule has 1 atom stereocenters. The van der Waals surface area contributed by atoms with Crippen molar-refractivity contribution in [2.45, 2.75) is 45.6 Å². The highest BCUT2D eigenvalue weighted by molar-refractivity contribution is 6.08. The average molecular weight is 343 g/mol. The van der Waals surface area contributed by atoms with E-state index in [1.807, 2.05) is 25.1 Å². The maximum absolute atomic E-state index is 11.2. The van der Waals surface area contributed by atoms with Gasteiger partial charge in [0.1, 0.15) is 7.85 Å². The van der Waals surface area contributed by atoms with Gasteiger partial charge in [-0.25, -0.2) is 0 Å². The van der Waals surface area contributed by atoms with Crippen LogP contribution in [-0.4, -0.2) is 44.9 Å². The molecule has 4 nitrogen and oxygen atoms in total. The van der Waals surface area contributed by atoms with Gasteiger partial charge in [0.15, 0.2) is 5.78 Å². The molecule has 0 heterocycles. The van der Waals surface area contributed by atoms with Gasteiger partial charge in [0.25, 0.3) is 0 Å². The summed E-state index contributed by atoms with van der Waals surface area (Å²) >= 11 is 0. The normalized spacial score (nSPS) is 12.6. The van der Waals surface area contributed by atoms with Gasteiger partial charge in [-0.05, 0) is 56.0 Å². The number of ketones is 1. The summed E-state index contributed by atoms with van der Waals surface area (Å²) in [4.78, 5) is 11.2. The molecule has 0 bridgehead atoms. The highest BCUT2D eigenvalue weighted by Gasteiger charge is 2.12. The Balaban J connectivity index is 2.39. The van der Waals surface area contributed by atoms with E-state index in [4.69, 9.17) is 12.6 Å². The second-order valence-corrected chi connectivity index (χ2v) is 6.23. The molecule has 0 fully saturated rings. The first-order chi connectivity index (χ1) is 12.1. The summed E-state index contributed by atoms with van der Waals surface area (Å²) in [6, 6.07) is 5.83. The number of hydrogen-bond acceptors (Lipinski definition) is 4. The molecule has 0 aromatic heterocycles. The second kappa shape index (κ2) is 12.9. The van der Waals surface area contributed by atoms with Crippen LogP contribution in [-0.2, 0) is 9.53 Å². The van der Waals surface area contributed by atoms with E-state index in [1.54, 1.807) is 12.2 Å². The third kappa shape index (κ3) is 9.01. The number of allylic oxidation sites excluding steroid dienone is 1. The van der Waals surface area contributed by atoms with Crippen molar-refractivity contribution in [3.63, 3.8) is 0 Å².